The largest absolute Gasteiger partial charge is 0.480 e. The lowest BCUT2D eigenvalue weighted by Crippen LogP contribution is -2.71. The molecule has 6 rings (SSSR count). The van der Waals surface area contributed by atoms with Crippen LogP contribution in [0.15, 0.2) is 23.6 Å². The molecule has 33 heavy (non-hydrogen) atoms. The summed E-state index contributed by atoms with van der Waals surface area (Å²) >= 11 is 7.31. The lowest BCUT2D eigenvalue weighted by atomic mass is 9.59. The van der Waals surface area contributed by atoms with E-state index < -0.39 is 29.4 Å². The molecule has 8 nitrogen and oxygen atoms in total. The molecule has 2 aromatic rings. The van der Waals surface area contributed by atoms with Crippen molar-refractivity contribution in [3.63, 3.8) is 0 Å². The maximum absolute atomic E-state index is 13.1. The van der Waals surface area contributed by atoms with E-state index in [0.717, 1.165) is 5.69 Å². The molecule has 4 N–H and O–H groups in total. The highest BCUT2D eigenvalue weighted by Crippen LogP contribution is 2.47. The average molecular weight is 492 g/mol. The minimum atomic E-state index is -0.864. The molecule has 0 spiro atoms. The zero-order chi connectivity index (χ0) is 23.4. The summed E-state index contributed by atoms with van der Waals surface area (Å²) in [5.41, 5.74) is 0.0994. The molecule has 0 saturated heterocycles. The van der Waals surface area contributed by atoms with Gasteiger partial charge in [-0.15, -0.1) is 11.3 Å². The highest BCUT2D eigenvalue weighted by atomic mass is 35.5. The zero-order valence-corrected chi connectivity index (χ0v) is 19.7. The Hall–Kier alpha value is -2.20. The number of carbonyl (C=O) groups excluding carboxylic acids is 2. The summed E-state index contributed by atoms with van der Waals surface area (Å²) in [5.74, 6) is -0.143. The van der Waals surface area contributed by atoms with Crippen LogP contribution in [0.3, 0.4) is 0 Å². The molecule has 3 atom stereocenters. The Labute approximate surface area is 200 Å². The van der Waals surface area contributed by atoms with Gasteiger partial charge in [0.25, 0.3) is 11.8 Å². The molecule has 1 aliphatic heterocycles. The Kier molecular flexibility index (Phi) is 5.63. The summed E-state index contributed by atoms with van der Waals surface area (Å²) in [4.78, 5) is 30.0. The number of aromatic nitrogens is 1. The lowest BCUT2D eigenvalue weighted by Gasteiger charge is -2.56. The van der Waals surface area contributed by atoms with Crippen molar-refractivity contribution >= 4 is 34.8 Å². The molecule has 3 fully saturated rings. The van der Waals surface area contributed by atoms with Crippen LogP contribution in [-0.2, 0) is 4.79 Å². The number of aliphatic hydroxyl groups excluding tert-OH is 2. The van der Waals surface area contributed by atoms with Crippen molar-refractivity contribution in [2.24, 2.45) is 0 Å². The van der Waals surface area contributed by atoms with Gasteiger partial charge in [0.2, 0.25) is 0 Å². The van der Waals surface area contributed by atoms with Crippen LogP contribution in [0, 0.1) is 6.92 Å². The number of fused-ring (bicyclic) bond motifs is 4. The van der Waals surface area contributed by atoms with Crippen molar-refractivity contribution in [2.45, 2.75) is 74.8 Å². The number of nitrogens with one attached hydrogen (secondary N) is 2. The normalized spacial score (nSPS) is 32.5. The summed E-state index contributed by atoms with van der Waals surface area (Å²) in [6.45, 7) is 1.84. The number of nitrogens with zero attached hydrogens (tertiary/aromatic N) is 1. The number of carbonyl (C=O) groups is 2. The van der Waals surface area contributed by atoms with Crippen LogP contribution in [0.1, 0.15) is 65.7 Å². The number of aliphatic hydroxyl groups is 2. The first-order chi connectivity index (χ1) is 15.7. The van der Waals surface area contributed by atoms with Gasteiger partial charge in [0.15, 0.2) is 11.1 Å². The van der Waals surface area contributed by atoms with E-state index in [4.69, 9.17) is 16.3 Å². The fraction of sp³-hybridized carbons (Fsp3) is 0.522. The third-order valence-electron chi connectivity index (χ3n) is 7.22. The molecule has 1 aromatic heterocycles. The van der Waals surface area contributed by atoms with Crippen LogP contribution in [0.4, 0.5) is 0 Å². The monoisotopic (exact) mass is 491 g/mol. The van der Waals surface area contributed by atoms with E-state index in [1.807, 2.05) is 12.3 Å². The van der Waals surface area contributed by atoms with Gasteiger partial charge in [0, 0.05) is 33.6 Å². The Morgan fingerprint density at radius 3 is 2.64 bits per heavy atom. The second kappa shape index (κ2) is 8.23. The first kappa shape index (κ1) is 22.6. The first-order valence-electron chi connectivity index (χ1n) is 11.1. The second-order valence-corrected chi connectivity index (χ2v) is 10.7. The number of thiazole rings is 1. The second-order valence-electron chi connectivity index (χ2n) is 9.43. The standard InChI is InChI=1S/C23H26ClN3O5S/c1-12-11-33-21(25-12)20(31)26-22-4-6-23(7-5-22,18(29)10-22)27-19(30)17-9-15(28)14-8-13(24)2-3-16(14)32-17/h2-3,8,11,15,17-18,28-29H,4-7,9-10H2,1H3,(H,26,31)(H,27,30)/t15-,17-,18+,22?,23?/m1/s1. The molecular formula is C23H26ClN3O5S. The molecule has 1 aromatic carbocycles. The number of rotatable bonds is 4. The van der Waals surface area contributed by atoms with Crippen LogP contribution in [0.25, 0.3) is 0 Å². The topological polar surface area (TPSA) is 121 Å². The molecule has 2 bridgehead atoms. The molecule has 3 aliphatic carbocycles. The van der Waals surface area contributed by atoms with E-state index >= 15 is 0 Å². The van der Waals surface area contributed by atoms with Gasteiger partial charge in [-0.25, -0.2) is 4.98 Å². The summed E-state index contributed by atoms with van der Waals surface area (Å²) in [7, 11) is 0. The third-order valence-corrected chi connectivity index (χ3v) is 8.41. The van der Waals surface area contributed by atoms with Gasteiger partial charge in [-0.3, -0.25) is 9.59 Å². The fourth-order valence-electron chi connectivity index (χ4n) is 5.32. The lowest BCUT2D eigenvalue weighted by molar-refractivity contribution is -0.139. The minimum Gasteiger partial charge on any atom is -0.480 e. The molecule has 4 aliphatic rings. The van der Waals surface area contributed by atoms with E-state index in [0.29, 0.717) is 53.4 Å². The zero-order valence-electron chi connectivity index (χ0n) is 18.1. The van der Waals surface area contributed by atoms with Gasteiger partial charge < -0.3 is 25.6 Å². The maximum Gasteiger partial charge on any atom is 0.280 e. The first-order valence-corrected chi connectivity index (χ1v) is 12.3. The van der Waals surface area contributed by atoms with Gasteiger partial charge in [-0.1, -0.05) is 11.6 Å². The summed E-state index contributed by atoms with van der Waals surface area (Å²) in [6, 6.07) is 4.94. The SMILES string of the molecule is Cc1csc(C(=O)NC23CCC(NC(=O)[C@H]4C[C@@H](O)c5cc(Cl)ccc5O4)(CC2)[C@@H](O)C3)n1. The molecule has 0 radical (unpaired) electrons. The van der Waals surface area contributed by atoms with E-state index in [1.165, 1.54) is 11.3 Å². The van der Waals surface area contributed by atoms with Gasteiger partial charge in [0.1, 0.15) is 5.75 Å². The van der Waals surface area contributed by atoms with Crippen molar-refractivity contribution in [1.29, 1.82) is 0 Å². The predicted molar refractivity (Wildman–Crippen MR) is 122 cm³/mol. The van der Waals surface area contributed by atoms with Gasteiger partial charge in [-0.05, 0) is 57.2 Å². The van der Waals surface area contributed by atoms with Crippen LogP contribution in [0.2, 0.25) is 5.02 Å². The number of ether oxygens (including phenoxy) is 1. The summed E-state index contributed by atoms with van der Waals surface area (Å²) in [5, 5.41) is 30.4. The molecule has 0 unspecified atom stereocenters. The summed E-state index contributed by atoms with van der Waals surface area (Å²) < 4.78 is 5.85. The fourth-order valence-corrected chi connectivity index (χ4v) is 6.19. The number of hydrogen-bond acceptors (Lipinski definition) is 7. The van der Waals surface area contributed by atoms with E-state index in [2.05, 4.69) is 15.6 Å². The Morgan fingerprint density at radius 2 is 1.97 bits per heavy atom. The van der Waals surface area contributed by atoms with Crippen LogP contribution < -0.4 is 15.4 Å². The van der Waals surface area contributed by atoms with Crippen molar-refractivity contribution < 1.29 is 24.5 Å². The molecule has 2 amide bonds. The number of halogens is 1. The van der Waals surface area contributed by atoms with Crippen LogP contribution in [0.5, 0.6) is 5.75 Å². The molecule has 10 heteroatoms. The van der Waals surface area contributed by atoms with Gasteiger partial charge in [-0.2, -0.15) is 0 Å². The van der Waals surface area contributed by atoms with Crippen LogP contribution >= 0.6 is 22.9 Å². The Bertz CT molecular complexity index is 1100. The van der Waals surface area contributed by atoms with Crippen LogP contribution in [-0.4, -0.2) is 50.3 Å². The van der Waals surface area contributed by atoms with Crippen molar-refractivity contribution in [1.82, 2.24) is 15.6 Å². The predicted octanol–water partition coefficient (Wildman–Crippen LogP) is 2.65. The average Bonchev–Trinajstić information content (AvgIpc) is 3.22. The van der Waals surface area contributed by atoms with Gasteiger partial charge >= 0.3 is 0 Å². The molecule has 176 valence electrons. The summed E-state index contributed by atoms with van der Waals surface area (Å²) in [6.07, 6.45) is 0.319. The minimum absolute atomic E-state index is 0.110. The van der Waals surface area contributed by atoms with Gasteiger partial charge in [0.05, 0.1) is 17.7 Å². The van der Waals surface area contributed by atoms with Crippen molar-refractivity contribution in [3.8, 4) is 5.75 Å². The molecule has 3 saturated carbocycles. The highest BCUT2D eigenvalue weighted by Gasteiger charge is 2.56. The highest BCUT2D eigenvalue weighted by molar-refractivity contribution is 7.11. The molecular weight excluding hydrogens is 466 g/mol. The Balaban J connectivity index is 1.25. The number of hydrogen-bond donors (Lipinski definition) is 4. The quantitative estimate of drug-likeness (QED) is 0.522. The maximum atomic E-state index is 13.1. The van der Waals surface area contributed by atoms with E-state index in [9.17, 15) is 19.8 Å². The van der Waals surface area contributed by atoms with E-state index in [1.54, 1.807) is 18.2 Å². The number of amides is 2. The number of benzene rings is 1. The van der Waals surface area contributed by atoms with E-state index in [-0.39, 0.29) is 18.2 Å². The Morgan fingerprint density at radius 1 is 1.21 bits per heavy atom. The van der Waals surface area contributed by atoms with Crippen molar-refractivity contribution in [3.05, 3.63) is 44.9 Å². The molecule has 2 heterocycles. The smallest absolute Gasteiger partial charge is 0.280 e. The van der Waals surface area contributed by atoms with Crippen molar-refractivity contribution in [2.75, 3.05) is 0 Å². The third kappa shape index (κ3) is 4.12. The number of aryl methyl sites for hydroxylation is 1.